The number of nitriles is 1. The largest absolute Gasteiger partial charge is 0.274 e. The molecule has 4 heteroatoms. The number of hydrogen-bond donors (Lipinski definition) is 0. The Morgan fingerprint density at radius 2 is 2.00 bits per heavy atom. The van der Waals surface area contributed by atoms with Crippen molar-refractivity contribution >= 4 is 17.5 Å². The lowest BCUT2D eigenvalue weighted by Crippen LogP contribution is -2.42. The summed E-state index contributed by atoms with van der Waals surface area (Å²) in [6, 6.07) is 9.47. The van der Waals surface area contributed by atoms with Crippen molar-refractivity contribution in [2.45, 2.75) is 64.2 Å². The topological polar surface area (TPSA) is 61.2 Å². The number of carbonyl (C=O) groups is 2. The highest BCUT2D eigenvalue weighted by Crippen LogP contribution is 2.46. The second-order valence-corrected chi connectivity index (χ2v) is 6.62. The minimum Gasteiger partial charge on any atom is -0.274 e. The molecule has 0 bridgehead atoms. The van der Waals surface area contributed by atoms with Gasteiger partial charge in [-0.05, 0) is 30.9 Å². The van der Waals surface area contributed by atoms with Crippen molar-refractivity contribution in [2.24, 2.45) is 0 Å². The highest BCUT2D eigenvalue weighted by Gasteiger charge is 2.51. The summed E-state index contributed by atoms with van der Waals surface area (Å²) < 4.78 is 0. The Kier molecular flexibility index (Phi) is 6.52. The monoisotopic (exact) mass is 338 g/mol. The lowest BCUT2D eigenvalue weighted by atomic mass is 9.76. The van der Waals surface area contributed by atoms with Gasteiger partial charge in [0, 0.05) is 6.92 Å². The number of anilines is 1. The fraction of sp³-hybridized carbons (Fsp3) is 0.476. The van der Waals surface area contributed by atoms with Crippen LogP contribution in [0, 0.1) is 11.3 Å². The third kappa shape index (κ3) is 3.82. The summed E-state index contributed by atoms with van der Waals surface area (Å²) in [4.78, 5) is 26.3. The summed E-state index contributed by atoms with van der Waals surface area (Å²) >= 11 is 0. The Hall–Kier alpha value is -2.41. The molecule has 1 atom stereocenters. The van der Waals surface area contributed by atoms with E-state index in [0.717, 1.165) is 18.4 Å². The summed E-state index contributed by atoms with van der Waals surface area (Å²) in [7, 11) is 0. The summed E-state index contributed by atoms with van der Waals surface area (Å²) in [5.74, 6) is -0.584. The molecular weight excluding hydrogens is 312 g/mol. The molecule has 1 aliphatic heterocycles. The zero-order valence-electron chi connectivity index (χ0n) is 15.1. The summed E-state index contributed by atoms with van der Waals surface area (Å²) in [5.41, 5.74) is 0.454. The first-order chi connectivity index (χ1) is 12.1. The average molecular weight is 338 g/mol. The Balaban J connectivity index is 2.24. The van der Waals surface area contributed by atoms with Crippen LogP contribution in [-0.4, -0.2) is 11.8 Å². The standard InChI is InChI=1S/C21H26N2O2/c1-3-4-5-6-7-8-11-14-21(15-16-22)18-12-9-10-13-19(18)23(17(2)24)20(21)25/h8-13H,3-7,14-15H2,1-2H3/b11-8+/t21-/m0/s1. The van der Waals surface area contributed by atoms with Crippen LogP contribution >= 0.6 is 0 Å². The summed E-state index contributed by atoms with van der Waals surface area (Å²) in [6.45, 7) is 3.58. The van der Waals surface area contributed by atoms with Crippen molar-refractivity contribution in [1.82, 2.24) is 0 Å². The maximum atomic E-state index is 13.0. The first-order valence-corrected chi connectivity index (χ1v) is 9.05. The third-order valence-corrected chi connectivity index (χ3v) is 4.83. The van der Waals surface area contributed by atoms with E-state index in [1.165, 1.54) is 31.1 Å². The number of amides is 2. The van der Waals surface area contributed by atoms with Crippen molar-refractivity contribution in [3.63, 3.8) is 0 Å². The Morgan fingerprint density at radius 1 is 1.24 bits per heavy atom. The molecule has 0 aliphatic carbocycles. The van der Waals surface area contributed by atoms with Gasteiger partial charge in [0.1, 0.15) is 0 Å². The molecule has 2 amide bonds. The van der Waals surface area contributed by atoms with Gasteiger partial charge in [-0.25, -0.2) is 4.90 Å². The van der Waals surface area contributed by atoms with Gasteiger partial charge in [0.25, 0.3) is 0 Å². The smallest absolute Gasteiger partial charge is 0.245 e. The molecule has 25 heavy (non-hydrogen) atoms. The van der Waals surface area contributed by atoms with E-state index >= 15 is 0 Å². The van der Waals surface area contributed by atoms with E-state index < -0.39 is 5.41 Å². The van der Waals surface area contributed by atoms with Gasteiger partial charge in [-0.15, -0.1) is 0 Å². The van der Waals surface area contributed by atoms with E-state index in [0.29, 0.717) is 12.1 Å². The number of fused-ring (bicyclic) bond motifs is 1. The Bertz CT molecular complexity index is 702. The predicted octanol–water partition coefficient (Wildman–Crippen LogP) is 4.65. The van der Waals surface area contributed by atoms with Crippen molar-refractivity contribution in [1.29, 1.82) is 5.26 Å². The number of imide groups is 1. The molecule has 4 nitrogen and oxygen atoms in total. The highest BCUT2D eigenvalue weighted by atomic mass is 16.2. The number of carbonyl (C=O) groups excluding carboxylic acids is 2. The van der Waals surface area contributed by atoms with Crippen LogP contribution < -0.4 is 4.90 Å². The number of nitrogens with zero attached hydrogens (tertiary/aromatic N) is 2. The molecule has 0 spiro atoms. The van der Waals surface area contributed by atoms with Crippen LogP contribution in [0.3, 0.4) is 0 Å². The van der Waals surface area contributed by atoms with Gasteiger partial charge in [0.2, 0.25) is 11.8 Å². The maximum absolute atomic E-state index is 13.0. The number of para-hydroxylation sites is 1. The zero-order chi connectivity index (χ0) is 18.3. The van der Waals surface area contributed by atoms with Gasteiger partial charge in [-0.1, -0.05) is 56.5 Å². The van der Waals surface area contributed by atoms with Gasteiger partial charge in [-0.2, -0.15) is 5.26 Å². The molecule has 132 valence electrons. The van der Waals surface area contributed by atoms with E-state index in [9.17, 15) is 14.9 Å². The molecule has 0 unspecified atom stereocenters. The van der Waals surface area contributed by atoms with Crippen LogP contribution in [0.5, 0.6) is 0 Å². The van der Waals surface area contributed by atoms with Gasteiger partial charge in [0.15, 0.2) is 0 Å². The van der Waals surface area contributed by atoms with Crippen LogP contribution in [0.25, 0.3) is 0 Å². The zero-order valence-corrected chi connectivity index (χ0v) is 15.1. The number of allylic oxidation sites excluding steroid dienone is 2. The molecule has 0 N–H and O–H groups in total. The van der Waals surface area contributed by atoms with Crippen LogP contribution in [-0.2, 0) is 15.0 Å². The first-order valence-electron chi connectivity index (χ1n) is 9.05. The molecule has 0 fully saturated rings. The lowest BCUT2D eigenvalue weighted by Gasteiger charge is -2.24. The minimum absolute atomic E-state index is 0.0762. The van der Waals surface area contributed by atoms with Gasteiger partial charge >= 0.3 is 0 Å². The fourth-order valence-electron chi connectivity index (χ4n) is 3.49. The Labute approximate surface area is 150 Å². The second-order valence-electron chi connectivity index (χ2n) is 6.62. The third-order valence-electron chi connectivity index (χ3n) is 4.83. The van der Waals surface area contributed by atoms with E-state index in [2.05, 4.69) is 19.1 Å². The minimum atomic E-state index is -0.947. The van der Waals surface area contributed by atoms with Crippen LogP contribution in [0.15, 0.2) is 36.4 Å². The van der Waals surface area contributed by atoms with E-state index in [1.54, 1.807) is 6.07 Å². The molecule has 0 saturated carbocycles. The van der Waals surface area contributed by atoms with Crippen LogP contribution in [0.2, 0.25) is 0 Å². The van der Waals surface area contributed by atoms with E-state index in [4.69, 9.17) is 0 Å². The molecule has 1 aromatic rings. The SMILES string of the molecule is CCCCCC/C=C/C[C@@]1(CC#N)C(=O)N(C(C)=O)c2ccccc21. The van der Waals surface area contributed by atoms with Crippen LogP contribution in [0.4, 0.5) is 5.69 Å². The van der Waals surface area contributed by atoms with Gasteiger partial charge < -0.3 is 0 Å². The quantitative estimate of drug-likeness (QED) is 0.512. The molecule has 0 aromatic heterocycles. The Morgan fingerprint density at radius 3 is 2.68 bits per heavy atom. The molecule has 0 radical (unpaired) electrons. The molecular formula is C21H26N2O2. The molecule has 0 saturated heterocycles. The summed E-state index contributed by atoms with van der Waals surface area (Å²) in [5, 5.41) is 9.33. The summed E-state index contributed by atoms with van der Waals surface area (Å²) in [6.07, 6.45) is 10.4. The molecule has 1 aromatic carbocycles. The lowest BCUT2D eigenvalue weighted by molar-refractivity contribution is -0.128. The molecule has 1 heterocycles. The second kappa shape index (κ2) is 8.62. The number of benzene rings is 1. The van der Waals surface area contributed by atoms with E-state index in [-0.39, 0.29) is 18.2 Å². The first kappa shape index (κ1) is 18.9. The highest BCUT2D eigenvalue weighted by molar-refractivity contribution is 6.22. The number of hydrogen-bond acceptors (Lipinski definition) is 3. The van der Waals surface area contributed by atoms with E-state index in [1.807, 2.05) is 24.3 Å². The molecule has 1 aliphatic rings. The van der Waals surface area contributed by atoms with Crippen molar-refractivity contribution in [2.75, 3.05) is 4.90 Å². The number of rotatable bonds is 8. The molecule has 2 rings (SSSR count). The predicted molar refractivity (Wildman–Crippen MR) is 99.0 cm³/mol. The van der Waals surface area contributed by atoms with Gasteiger partial charge in [-0.3, -0.25) is 9.59 Å². The fourth-order valence-corrected chi connectivity index (χ4v) is 3.49. The van der Waals surface area contributed by atoms with Crippen molar-refractivity contribution in [3.05, 3.63) is 42.0 Å². The van der Waals surface area contributed by atoms with Crippen molar-refractivity contribution in [3.8, 4) is 6.07 Å². The maximum Gasteiger partial charge on any atom is 0.245 e. The van der Waals surface area contributed by atoms with Crippen LogP contribution in [0.1, 0.15) is 64.4 Å². The van der Waals surface area contributed by atoms with Gasteiger partial charge in [0.05, 0.1) is 23.6 Å². The number of unbranched alkanes of at least 4 members (excludes halogenated alkanes) is 4. The van der Waals surface area contributed by atoms with Crippen molar-refractivity contribution < 1.29 is 9.59 Å². The normalized spacial score (nSPS) is 19.2. The average Bonchev–Trinajstić information content (AvgIpc) is 2.84.